The number of carboxylic acids is 1. The van der Waals surface area contributed by atoms with Crippen molar-refractivity contribution in [3.8, 4) is 0 Å². The van der Waals surface area contributed by atoms with E-state index in [-0.39, 0.29) is 25.0 Å². The fourth-order valence-electron chi connectivity index (χ4n) is 3.33. The van der Waals surface area contributed by atoms with Gasteiger partial charge >= 0.3 is 18.2 Å². The van der Waals surface area contributed by atoms with Crippen LogP contribution >= 0.6 is 0 Å². The molecule has 1 fully saturated rings. The lowest BCUT2D eigenvalue weighted by atomic mass is 9.61. The first kappa shape index (κ1) is 19.7. The number of carbonyl (C=O) groups excluding carboxylic acids is 1. The smallest absolute Gasteiger partial charge is 0.416 e. The second-order valence-corrected chi connectivity index (χ2v) is 6.77. The van der Waals surface area contributed by atoms with E-state index in [0.29, 0.717) is 0 Å². The van der Waals surface area contributed by atoms with E-state index in [9.17, 15) is 27.9 Å². The van der Waals surface area contributed by atoms with Crippen molar-refractivity contribution in [2.45, 2.75) is 37.1 Å². The highest BCUT2D eigenvalue weighted by Crippen LogP contribution is 2.45. The molecule has 3 rings (SSSR count). The number of amides is 1. The number of hydrogen-bond acceptors (Lipinski definition) is 3. The Morgan fingerprint density at radius 2 is 1.68 bits per heavy atom. The van der Waals surface area contributed by atoms with Crippen LogP contribution in [0.25, 0.3) is 0 Å². The Labute approximate surface area is 159 Å². The fraction of sp³-hybridized carbons (Fsp3) is 0.300. The van der Waals surface area contributed by atoms with Gasteiger partial charge in [-0.2, -0.15) is 13.2 Å². The van der Waals surface area contributed by atoms with Crippen LogP contribution in [-0.4, -0.2) is 23.2 Å². The highest BCUT2D eigenvalue weighted by atomic mass is 19.4. The summed E-state index contributed by atoms with van der Waals surface area (Å²) in [5.74, 6) is -1.14. The summed E-state index contributed by atoms with van der Waals surface area (Å²) in [4.78, 5) is 23.6. The number of ether oxygens (including phenoxy) is 1. The number of rotatable bonds is 5. The van der Waals surface area contributed by atoms with Crippen molar-refractivity contribution >= 4 is 12.1 Å². The minimum absolute atomic E-state index is 0.0775. The van der Waals surface area contributed by atoms with E-state index in [1.165, 1.54) is 12.1 Å². The number of alkyl carbamates (subject to hydrolysis) is 1. The van der Waals surface area contributed by atoms with E-state index in [4.69, 9.17) is 4.74 Å². The largest absolute Gasteiger partial charge is 0.481 e. The van der Waals surface area contributed by atoms with Gasteiger partial charge in [-0.1, -0.05) is 42.5 Å². The molecular formula is C20H18F3NO4. The summed E-state index contributed by atoms with van der Waals surface area (Å²) in [6.07, 6.45) is -5.00. The van der Waals surface area contributed by atoms with Gasteiger partial charge < -0.3 is 15.2 Å². The number of aliphatic carboxylic acids is 1. The maximum absolute atomic E-state index is 12.7. The molecule has 1 amide bonds. The topological polar surface area (TPSA) is 75.6 Å². The molecule has 5 nitrogen and oxygen atoms in total. The molecule has 0 aliphatic heterocycles. The lowest BCUT2D eigenvalue weighted by Gasteiger charge is -2.44. The number of alkyl halides is 3. The Kier molecular flexibility index (Phi) is 5.31. The molecule has 0 spiro atoms. The van der Waals surface area contributed by atoms with E-state index in [0.717, 1.165) is 17.7 Å². The quantitative estimate of drug-likeness (QED) is 0.802. The van der Waals surface area contributed by atoms with Crippen LogP contribution in [0.15, 0.2) is 54.6 Å². The Morgan fingerprint density at radius 3 is 2.21 bits per heavy atom. The second-order valence-electron chi connectivity index (χ2n) is 6.77. The van der Waals surface area contributed by atoms with Crippen molar-refractivity contribution in [2.75, 3.05) is 0 Å². The first-order valence-electron chi connectivity index (χ1n) is 8.59. The van der Waals surface area contributed by atoms with Gasteiger partial charge in [-0.25, -0.2) is 4.79 Å². The second kappa shape index (κ2) is 7.53. The van der Waals surface area contributed by atoms with Crippen LogP contribution in [0, 0.1) is 0 Å². The number of halogens is 3. The lowest BCUT2D eigenvalue weighted by Crippen LogP contribution is -2.57. The van der Waals surface area contributed by atoms with Crippen molar-refractivity contribution in [1.29, 1.82) is 0 Å². The van der Waals surface area contributed by atoms with Gasteiger partial charge in [-0.3, -0.25) is 4.79 Å². The molecule has 0 heterocycles. The van der Waals surface area contributed by atoms with Gasteiger partial charge in [-0.15, -0.1) is 0 Å². The minimum Gasteiger partial charge on any atom is -0.481 e. The SMILES string of the molecule is O=C(NC1CC(C(=O)O)(c2ccc(C(F)(F)F)cc2)C1)OCc1ccccc1. The summed E-state index contributed by atoms with van der Waals surface area (Å²) in [5, 5.41) is 12.2. The minimum atomic E-state index is -4.48. The summed E-state index contributed by atoms with van der Waals surface area (Å²) in [5.41, 5.74) is -1.06. The van der Waals surface area contributed by atoms with Crippen molar-refractivity contribution < 1.29 is 32.6 Å². The van der Waals surface area contributed by atoms with E-state index >= 15 is 0 Å². The molecule has 148 valence electrons. The first-order valence-corrected chi connectivity index (χ1v) is 8.59. The zero-order chi connectivity index (χ0) is 20.4. The summed E-state index contributed by atoms with van der Waals surface area (Å²) in [6.45, 7) is 0.0857. The lowest BCUT2D eigenvalue weighted by molar-refractivity contribution is -0.148. The number of nitrogens with one attached hydrogen (secondary N) is 1. The summed E-state index contributed by atoms with van der Waals surface area (Å²) in [6, 6.07) is 12.7. The highest BCUT2D eigenvalue weighted by molar-refractivity contribution is 5.83. The standard InChI is InChI=1S/C20H18F3NO4/c21-20(22,23)15-8-6-14(7-9-15)19(17(25)26)10-16(11-19)24-18(27)28-12-13-4-2-1-3-5-13/h1-9,16H,10-12H2,(H,24,27)(H,25,26). The maximum atomic E-state index is 12.7. The Morgan fingerprint density at radius 1 is 1.07 bits per heavy atom. The molecule has 1 aliphatic carbocycles. The van der Waals surface area contributed by atoms with Crippen molar-refractivity contribution in [1.82, 2.24) is 5.32 Å². The van der Waals surface area contributed by atoms with E-state index in [2.05, 4.69) is 5.32 Å². The van der Waals surface area contributed by atoms with Gasteiger partial charge in [0.2, 0.25) is 0 Å². The zero-order valence-electron chi connectivity index (χ0n) is 14.7. The number of carbonyl (C=O) groups is 2. The highest BCUT2D eigenvalue weighted by Gasteiger charge is 2.52. The van der Waals surface area contributed by atoms with Crippen LogP contribution in [0.1, 0.15) is 29.5 Å². The van der Waals surface area contributed by atoms with Gasteiger partial charge in [0, 0.05) is 6.04 Å². The molecule has 2 aromatic carbocycles. The molecule has 8 heteroatoms. The third-order valence-electron chi connectivity index (χ3n) is 4.90. The third-order valence-corrected chi connectivity index (χ3v) is 4.90. The van der Waals surface area contributed by atoms with Gasteiger partial charge in [0.15, 0.2) is 0 Å². The molecule has 1 aliphatic rings. The summed E-state index contributed by atoms with van der Waals surface area (Å²) in [7, 11) is 0. The van der Waals surface area contributed by atoms with Gasteiger partial charge in [-0.05, 0) is 36.1 Å². The predicted molar refractivity (Wildman–Crippen MR) is 93.5 cm³/mol. The Hall–Kier alpha value is -3.03. The molecule has 28 heavy (non-hydrogen) atoms. The van der Waals surface area contributed by atoms with Crippen molar-refractivity contribution in [3.63, 3.8) is 0 Å². The molecule has 1 saturated carbocycles. The number of benzene rings is 2. The van der Waals surface area contributed by atoms with Gasteiger partial charge in [0.25, 0.3) is 0 Å². The molecule has 0 saturated heterocycles. The molecule has 0 unspecified atom stereocenters. The summed E-state index contributed by atoms with van der Waals surface area (Å²) >= 11 is 0. The van der Waals surface area contributed by atoms with Crippen LogP contribution in [-0.2, 0) is 27.7 Å². The molecule has 2 aromatic rings. The van der Waals surface area contributed by atoms with Crippen LogP contribution in [0.3, 0.4) is 0 Å². The molecular weight excluding hydrogens is 375 g/mol. The Balaban J connectivity index is 1.59. The molecule has 0 bridgehead atoms. The normalized spacial score (nSPS) is 21.5. The van der Waals surface area contributed by atoms with Crippen molar-refractivity contribution in [2.24, 2.45) is 0 Å². The number of carboxylic acid groups (broad SMARTS) is 1. The summed E-state index contributed by atoms with van der Waals surface area (Å²) < 4.78 is 43.2. The van der Waals surface area contributed by atoms with Crippen LogP contribution < -0.4 is 5.32 Å². The van der Waals surface area contributed by atoms with Crippen LogP contribution in [0.5, 0.6) is 0 Å². The average Bonchev–Trinajstić information content (AvgIpc) is 2.62. The fourth-order valence-corrected chi connectivity index (χ4v) is 3.33. The van der Waals surface area contributed by atoms with Crippen molar-refractivity contribution in [3.05, 3.63) is 71.3 Å². The molecule has 2 N–H and O–H groups in total. The molecule has 0 radical (unpaired) electrons. The monoisotopic (exact) mass is 393 g/mol. The Bertz CT molecular complexity index is 844. The van der Waals surface area contributed by atoms with Gasteiger partial charge in [0.05, 0.1) is 11.0 Å². The van der Waals surface area contributed by atoms with E-state index < -0.39 is 35.3 Å². The van der Waals surface area contributed by atoms with Crippen LogP contribution in [0.2, 0.25) is 0 Å². The number of hydrogen-bond donors (Lipinski definition) is 2. The van der Waals surface area contributed by atoms with E-state index in [1.54, 1.807) is 12.1 Å². The zero-order valence-corrected chi connectivity index (χ0v) is 14.7. The third kappa shape index (κ3) is 4.11. The average molecular weight is 393 g/mol. The van der Waals surface area contributed by atoms with E-state index in [1.807, 2.05) is 18.2 Å². The molecule has 0 aromatic heterocycles. The molecule has 0 atom stereocenters. The first-order chi connectivity index (χ1) is 13.2. The van der Waals surface area contributed by atoms with Crippen LogP contribution in [0.4, 0.5) is 18.0 Å². The van der Waals surface area contributed by atoms with Gasteiger partial charge in [0.1, 0.15) is 6.61 Å². The predicted octanol–water partition coefficient (Wildman–Crippen LogP) is 4.12. The maximum Gasteiger partial charge on any atom is 0.416 e.